The monoisotopic (exact) mass is 574 g/mol. The van der Waals surface area contributed by atoms with E-state index in [1.807, 2.05) is 12.3 Å². The molecule has 0 bridgehead atoms. The minimum absolute atomic E-state index is 1.02. The summed E-state index contributed by atoms with van der Waals surface area (Å²) in [5.74, 6) is 0. The molecule has 45 heavy (non-hydrogen) atoms. The molecule has 0 aliphatic rings. The molecule has 10 aromatic rings. The van der Waals surface area contributed by atoms with Gasteiger partial charge in [-0.2, -0.15) is 0 Å². The van der Waals surface area contributed by atoms with Crippen LogP contribution in [0, 0.1) is 0 Å². The normalized spacial score (nSPS) is 12.0. The van der Waals surface area contributed by atoms with Gasteiger partial charge in [0, 0.05) is 50.2 Å². The number of nitrogens with zero attached hydrogens (tertiary/aromatic N) is 4. The van der Waals surface area contributed by atoms with E-state index in [1.165, 1.54) is 49.3 Å². The smallest absolute Gasteiger partial charge is 0.0963 e. The lowest BCUT2D eigenvalue weighted by atomic mass is 10.1. The second-order valence-electron chi connectivity index (χ2n) is 11.6. The molecular formula is C41H26N4. The number of hydrogen-bond donors (Lipinski definition) is 0. The van der Waals surface area contributed by atoms with Crippen molar-refractivity contribution >= 4 is 65.5 Å². The number of rotatable bonds is 3. The maximum Gasteiger partial charge on any atom is 0.0963 e. The first-order chi connectivity index (χ1) is 22.4. The Labute approximate surface area is 258 Å². The second kappa shape index (κ2) is 9.18. The molecule has 4 nitrogen and oxygen atoms in total. The minimum atomic E-state index is 1.02. The first-order valence-electron chi connectivity index (χ1n) is 15.3. The van der Waals surface area contributed by atoms with Crippen molar-refractivity contribution in [3.8, 4) is 17.1 Å². The highest BCUT2D eigenvalue weighted by molar-refractivity contribution is 6.28. The van der Waals surface area contributed by atoms with E-state index in [0.29, 0.717) is 0 Å². The van der Waals surface area contributed by atoms with Crippen molar-refractivity contribution < 1.29 is 0 Å². The Balaban J connectivity index is 1.30. The molecule has 0 atom stereocenters. The lowest BCUT2D eigenvalue weighted by molar-refractivity contribution is 1.13. The maximum absolute atomic E-state index is 4.76. The van der Waals surface area contributed by atoms with Gasteiger partial charge in [-0.25, -0.2) is 0 Å². The summed E-state index contributed by atoms with van der Waals surface area (Å²) in [6.07, 6.45) is 1.88. The standard InChI is InChI=1S/C41H26N4/c1-2-12-27(13-3-1)43-33-19-7-4-16-30(33)39-36(43)23-24-37-40(39)31-17-5-8-20-34(31)44(37)28-14-10-15-29(26-28)45-35-21-9-6-18-32(35)41-38(45)22-11-25-42-41/h1-26H. The molecule has 0 saturated heterocycles. The highest BCUT2D eigenvalue weighted by atomic mass is 15.0. The Morgan fingerprint density at radius 2 is 0.800 bits per heavy atom. The zero-order valence-corrected chi connectivity index (χ0v) is 24.3. The van der Waals surface area contributed by atoms with Crippen LogP contribution in [0.3, 0.4) is 0 Å². The zero-order valence-electron chi connectivity index (χ0n) is 24.3. The van der Waals surface area contributed by atoms with Crippen molar-refractivity contribution in [2.45, 2.75) is 0 Å². The quantitative estimate of drug-likeness (QED) is 0.206. The van der Waals surface area contributed by atoms with E-state index in [-0.39, 0.29) is 0 Å². The highest BCUT2D eigenvalue weighted by Gasteiger charge is 2.21. The first-order valence-corrected chi connectivity index (χ1v) is 15.3. The van der Waals surface area contributed by atoms with Crippen LogP contribution in [0.2, 0.25) is 0 Å². The fraction of sp³-hybridized carbons (Fsp3) is 0. The largest absolute Gasteiger partial charge is 0.309 e. The third-order valence-corrected chi connectivity index (χ3v) is 9.26. The van der Waals surface area contributed by atoms with Crippen molar-refractivity contribution in [2.75, 3.05) is 0 Å². The molecule has 0 radical (unpaired) electrons. The topological polar surface area (TPSA) is 27.7 Å². The molecule has 4 heterocycles. The molecular weight excluding hydrogens is 548 g/mol. The number of aromatic nitrogens is 4. The van der Waals surface area contributed by atoms with Gasteiger partial charge in [0.05, 0.1) is 38.6 Å². The third-order valence-electron chi connectivity index (χ3n) is 9.26. The maximum atomic E-state index is 4.76. The summed E-state index contributed by atoms with van der Waals surface area (Å²) in [4.78, 5) is 4.76. The lowest BCUT2D eigenvalue weighted by Gasteiger charge is -2.13. The molecule has 210 valence electrons. The van der Waals surface area contributed by atoms with Gasteiger partial charge in [0.25, 0.3) is 0 Å². The molecule has 0 aliphatic carbocycles. The molecule has 6 aromatic carbocycles. The van der Waals surface area contributed by atoms with E-state index < -0.39 is 0 Å². The SMILES string of the molecule is c1ccc(-n2c3ccccc3c3c4c5ccccc5n(-c5cccc(-n6c7ccccc7c7ncccc76)c5)c4ccc32)cc1. The molecule has 4 heteroatoms. The molecule has 0 aliphatic heterocycles. The number of hydrogen-bond acceptors (Lipinski definition) is 1. The van der Waals surface area contributed by atoms with Gasteiger partial charge in [-0.3, -0.25) is 4.98 Å². The van der Waals surface area contributed by atoms with Crippen molar-refractivity contribution in [1.82, 2.24) is 18.7 Å². The summed E-state index contributed by atoms with van der Waals surface area (Å²) >= 11 is 0. The lowest BCUT2D eigenvalue weighted by Crippen LogP contribution is -1.98. The fourth-order valence-corrected chi connectivity index (χ4v) is 7.48. The van der Waals surface area contributed by atoms with Crippen LogP contribution in [0.25, 0.3) is 82.6 Å². The van der Waals surface area contributed by atoms with E-state index in [2.05, 4.69) is 159 Å². The molecule has 10 rings (SSSR count). The van der Waals surface area contributed by atoms with Gasteiger partial charge in [0.1, 0.15) is 0 Å². The van der Waals surface area contributed by atoms with Gasteiger partial charge in [0.2, 0.25) is 0 Å². The number of benzene rings is 6. The second-order valence-corrected chi connectivity index (χ2v) is 11.6. The Kier molecular flexibility index (Phi) is 4.96. The average Bonchev–Trinajstić information content (AvgIpc) is 3.74. The molecule has 0 fully saturated rings. The van der Waals surface area contributed by atoms with Gasteiger partial charge in [-0.15, -0.1) is 0 Å². The Hall–Kier alpha value is -6.13. The molecule has 0 N–H and O–H groups in total. The van der Waals surface area contributed by atoms with Gasteiger partial charge in [-0.05, 0) is 72.8 Å². The van der Waals surface area contributed by atoms with Crippen LogP contribution in [0.1, 0.15) is 0 Å². The first kappa shape index (κ1) is 24.3. The summed E-state index contributed by atoms with van der Waals surface area (Å²) in [6, 6.07) is 54.5. The van der Waals surface area contributed by atoms with Crippen molar-refractivity contribution in [3.05, 3.63) is 158 Å². The van der Waals surface area contributed by atoms with Crippen molar-refractivity contribution in [1.29, 1.82) is 0 Å². The Morgan fingerprint density at radius 1 is 0.333 bits per heavy atom. The third kappa shape index (κ3) is 3.34. The van der Waals surface area contributed by atoms with E-state index in [9.17, 15) is 0 Å². The number of fused-ring (bicyclic) bond motifs is 10. The van der Waals surface area contributed by atoms with Gasteiger partial charge < -0.3 is 13.7 Å². The summed E-state index contributed by atoms with van der Waals surface area (Å²) < 4.78 is 7.16. The fourth-order valence-electron chi connectivity index (χ4n) is 7.48. The minimum Gasteiger partial charge on any atom is -0.309 e. The predicted octanol–water partition coefficient (Wildman–Crippen LogP) is 10.4. The van der Waals surface area contributed by atoms with E-state index >= 15 is 0 Å². The summed E-state index contributed by atoms with van der Waals surface area (Å²) in [7, 11) is 0. The van der Waals surface area contributed by atoms with Gasteiger partial charge in [0.15, 0.2) is 0 Å². The van der Waals surface area contributed by atoms with E-state index in [0.717, 1.165) is 33.3 Å². The van der Waals surface area contributed by atoms with Crippen molar-refractivity contribution in [3.63, 3.8) is 0 Å². The summed E-state index contributed by atoms with van der Waals surface area (Å²) in [5, 5.41) is 6.23. The highest BCUT2D eigenvalue weighted by Crippen LogP contribution is 2.42. The number of pyridine rings is 1. The summed E-state index contributed by atoms with van der Waals surface area (Å²) in [5.41, 5.74) is 11.5. The molecule has 0 saturated carbocycles. The Morgan fingerprint density at radius 3 is 1.44 bits per heavy atom. The Bertz CT molecular complexity index is 2710. The molecule has 0 unspecified atom stereocenters. The molecule has 4 aromatic heterocycles. The van der Waals surface area contributed by atoms with E-state index in [4.69, 9.17) is 4.98 Å². The zero-order chi connectivity index (χ0) is 29.5. The van der Waals surface area contributed by atoms with Crippen LogP contribution in [0.5, 0.6) is 0 Å². The molecule has 0 amide bonds. The average molecular weight is 575 g/mol. The van der Waals surface area contributed by atoms with Crippen LogP contribution in [0.15, 0.2) is 158 Å². The summed E-state index contributed by atoms with van der Waals surface area (Å²) in [6.45, 7) is 0. The van der Waals surface area contributed by atoms with Crippen LogP contribution >= 0.6 is 0 Å². The van der Waals surface area contributed by atoms with Crippen LogP contribution in [-0.2, 0) is 0 Å². The van der Waals surface area contributed by atoms with E-state index in [1.54, 1.807) is 0 Å². The van der Waals surface area contributed by atoms with Crippen LogP contribution in [-0.4, -0.2) is 18.7 Å². The molecule has 0 spiro atoms. The van der Waals surface area contributed by atoms with Gasteiger partial charge in [-0.1, -0.05) is 78.9 Å². The number of para-hydroxylation sites is 4. The predicted molar refractivity (Wildman–Crippen MR) is 187 cm³/mol. The van der Waals surface area contributed by atoms with Crippen LogP contribution < -0.4 is 0 Å². The van der Waals surface area contributed by atoms with Crippen molar-refractivity contribution in [2.24, 2.45) is 0 Å². The van der Waals surface area contributed by atoms with Gasteiger partial charge >= 0.3 is 0 Å². The van der Waals surface area contributed by atoms with Crippen LogP contribution in [0.4, 0.5) is 0 Å².